The van der Waals surface area contributed by atoms with Gasteiger partial charge in [-0.1, -0.05) is 17.4 Å². The number of hydrogen-bond acceptors (Lipinski definition) is 8. The van der Waals surface area contributed by atoms with Crippen molar-refractivity contribution in [1.82, 2.24) is 15.1 Å². The zero-order chi connectivity index (χ0) is 19.4. The lowest BCUT2D eigenvalue weighted by Gasteiger charge is -2.11. The van der Waals surface area contributed by atoms with E-state index >= 15 is 0 Å². The van der Waals surface area contributed by atoms with Crippen molar-refractivity contribution in [2.45, 2.75) is 20.8 Å². The summed E-state index contributed by atoms with van der Waals surface area (Å²) in [6.45, 7) is 6.80. The van der Waals surface area contributed by atoms with Gasteiger partial charge in [-0.3, -0.25) is 9.69 Å². The summed E-state index contributed by atoms with van der Waals surface area (Å²) in [6, 6.07) is 5.59. The van der Waals surface area contributed by atoms with Gasteiger partial charge in [-0.2, -0.15) is 4.99 Å². The second-order valence-electron chi connectivity index (χ2n) is 5.50. The van der Waals surface area contributed by atoms with E-state index < -0.39 is 0 Å². The first kappa shape index (κ1) is 19.4. The van der Waals surface area contributed by atoms with Gasteiger partial charge in [-0.05, 0) is 56.3 Å². The number of methoxy groups -OCH3 is 1. The number of rotatable bonds is 6. The molecule has 1 aliphatic rings. The number of likely N-dealkylation sites (N-methyl/N-ethyl adjacent to an activating group) is 1. The smallest absolute Gasteiger partial charge is 0.266 e. The average Bonchev–Trinajstić information content (AvgIpc) is 3.19. The Morgan fingerprint density at radius 1 is 1.26 bits per heavy atom. The molecule has 0 unspecified atom stereocenters. The highest BCUT2D eigenvalue weighted by molar-refractivity contribution is 8.18. The topological polar surface area (TPSA) is 76.9 Å². The van der Waals surface area contributed by atoms with Gasteiger partial charge in [-0.25, -0.2) is 0 Å². The molecule has 142 valence electrons. The van der Waals surface area contributed by atoms with E-state index in [-0.39, 0.29) is 5.91 Å². The molecular formula is C18H20N4O3S2. The highest BCUT2D eigenvalue weighted by Gasteiger charge is 2.32. The van der Waals surface area contributed by atoms with Crippen molar-refractivity contribution < 1.29 is 14.3 Å². The van der Waals surface area contributed by atoms with E-state index in [1.807, 2.05) is 45.0 Å². The zero-order valence-electron chi connectivity index (χ0n) is 15.6. The van der Waals surface area contributed by atoms with Gasteiger partial charge in [0.25, 0.3) is 5.91 Å². The van der Waals surface area contributed by atoms with Crippen LogP contribution in [0.25, 0.3) is 6.08 Å². The molecular weight excluding hydrogens is 384 g/mol. The fourth-order valence-corrected chi connectivity index (χ4v) is 4.14. The van der Waals surface area contributed by atoms with Crippen LogP contribution in [0.2, 0.25) is 0 Å². The van der Waals surface area contributed by atoms with Gasteiger partial charge >= 0.3 is 0 Å². The van der Waals surface area contributed by atoms with Crippen molar-refractivity contribution >= 4 is 45.4 Å². The number of hydrogen-bond donors (Lipinski definition) is 0. The Hall–Kier alpha value is -2.39. The Labute approximate surface area is 166 Å². The number of amides is 1. The van der Waals surface area contributed by atoms with Gasteiger partial charge in [0, 0.05) is 6.54 Å². The second-order valence-corrected chi connectivity index (χ2v) is 7.67. The van der Waals surface area contributed by atoms with Gasteiger partial charge < -0.3 is 9.47 Å². The lowest BCUT2D eigenvalue weighted by Crippen LogP contribution is -2.28. The van der Waals surface area contributed by atoms with E-state index in [2.05, 4.69) is 15.2 Å². The molecule has 27 heavy (non-hydrogen) atoms. The molecule has 9 heteroatoms. The number of ether oxygens (including phenoxy) is 2. The Balaban J connectivity index is 1.90. The Bertz CT molecular complexity index is 908. The molecule has 2 aromatic rings. The van der Waals surface area contributed by atoms with Crippen molar-refractivity contribution in [3.8, 4) is 11.5 Å². The van der Waals surface area contributed by atoms with E-state index in [1.54, 1.807) is 12.0 Å². The molecule has 0 radical (unpaired) electrons. The third-order valence-electron chi connectivity index (χ3n) is 3.70. The van der Waals surface area contributed by atoms with E-state index in [1.165, 1.54) is 23.1 Å². The molecule has 1 aromatic carbocycles. The van der Waals surface area contributed by atoms with Crippen molar-refractivity contribution in [2.24, 2.45) is 4.99 Å². The predicted molar refractivity (Wildman–Crippen MR) is 109 cm³/mol. The summed E-state index contributed by atoms with van der Waals surface area (Å²) in [5.41, 5.74) is 0.857. The molecule has 0 atom stereocenters. The van der Waals surface area contributed by atoms with Crippen molar-refractivity contribution in [3.63, 3.8) is 0 Å². The lowest BCUT2D eigenvalue weighted by molar-refractivity contribution is -0.122. The molecule has 0 aliphatic carbocycles. The maximum absolute atomic E-state index is 12.7. The summed E-state index contributed by atoms with van der Waals surface area (Å²) in [5.74, 6) is 1.24. The van der Waals surface area contributed by atoms with Crippen molar-refractivity contribution in [2.75, 3.05) is 20.3 Å². The maximum Gasteiger partial charge on any atom is 0.266 e. The lowest BCUT2D eigenvalue weighted by atomic mass is 10.2. The molecule has 0 N–H and O–H groups in total. The average molecular weight is 405 g/mol. The molecule has 2 heterocycles. The number of benzene rings is 1. The van der Waals surface area contributed by atoms with Crippen LogP contribution in [0.1, 0.15) is 24.4 Å². The number of amidine groups is 1. The third kappa shape index (κ3) is 4.30. The molecule has 7 nitrogen and oxygen atoms in total. The quantitative estimate of drug-likeness (QED) is 0.680. The Morgan fingerprint density at radius 2 is 2.07 bits per heavy atom. The van der Waals surface area contributed by atoms with Crippen LogP contribution in [-0.2, 0) is 4.79 Å². The first-order valence-electron chi connectivity index (χ1n) is 8.46. The van der Waals surface area contributed by atoms with Gasteiger partial charge in [-0.15, -0.1) is 10.2 Å². The van der Waals surface area contributed by atoms with Gasteiger partial charge in [0.1, 0.15) is 5.01 Å². The van der Waals surface area contributed by atoms with Crippen molar-refractivity contribution in [1.29, 1.82) is 0 Å². The molecule has 0 bridgehead atoms. The van der Waals surface area contributed by atoms with Gasteiger partial charge in [0.15, 0.2) is 16.7 Å². The fraction of sp³-hybridized carbons (Fsp3) is 0.333. The number of aliphatic imine (C=N–C) groups is 1. The van der Waals surface area contributed by atoms with Crippen LogP contribution in [0.4, 0.5) is 5.13 Å². The SMILES string of the molecule is CCOc1ccc(/C=C2\S/C(=N/c3nnc(C)s3)N(CC)C2=O)cc1OC. The van der Waals surface area contributed by atoms with Crippen LogP contribution >= 0.6 is 23.1 Å². The maximum atomic E-state index is 12.7. The number of aromatic nitrogens is 2. The standard InChI is InChI=1S/C18H20N4O3S2/c1-5-22-16(23)15(27-18(22)19-17-21-20-11(3)26-17)10-12-7-8-13(25-6-2)14(9-12)24-4/h7-10H,5-6H2,1-4H3/b15-10-,19-18+. The van der Waals surface area contributed by atoms with Crippen LogP contribution in [0.5, 0.6) is 11.5 Å². The number of nitrogens with zero attached hydrogens (tertiary/aromatic N) is 4. The number of thioether (sulfide) groups is 1. The summed E-state index contributed by atoms with van der Waals surface area (Å²) in [4.78, 5) is 19.5. The van der Waals surface area contributed by atoms with E-state index in [4.69, 9.17) is 9.47 Å². The van der Waals surface area contributed by atoms with Gasteiger partial charge in [0.05, 0.1) is 18.6 Å². The molecule has 3 rings (SSSR count). The number of aryl methyl sites for hydroxylation is 1. The molecule has 0 spiro atoms. The molecule has 1 aromatic heterocycles. The molecule has 1 amide bonds. The normalized spacial score (nSPS) is 17.2. The van der Waals surface area contributed by atoms with Gasteiger partial charge in [0.2, 0.25) is 5.13 Å². The summed E-state index contributed by atoms with van der Waals surface area (Å²) in [6.07, 6.45) is 1.84. The fourth-order valence-electron chi connectivity index (χ4n) is 2.48. The minimum Gasteiger partial charge on any atom is -0.493 e. The van der Waals surface area contributed by atoms with E-state index in [9.17, 15) is 4.79 Å². The summed E-state index contributed by atoms with van der Waals surface area (Å²) in [5, 5.41) is 9.98. The Kier molecular flexibility index (Phi) is 6.12. The van der Waals surface area contributed by atoms with Crippen LogP contribution in [0.3, 0.4) is 0 Å². The number of carbonyl (C=O) groups is 1. The van der Waals surface area contributed by atoms with E-state index in [0.29, 0.717) is 39.9 Å². The Morgan fingerprint density at radius 3 is 2.70 bits per heavy atom. The monoisotopic (exact) mass is 404 g/mol. The summed E-state index contributed by atoms with van der Waals surface area (Å²) >= 11 is 2.73. The van der Waals surface area contributed by atoms with Crippen LogP contribution in [0, 0.1) is 6.92 Å². The van der Waals surface area contributed by atoms with Crippen LogP contribution in [0.15, 0.2) is 28.1 Å². The minimum atomic E-state index is -0.0738. The first-order valence-corrected chi connectivity index (χ1v) is 10.1. The third-order valence-corrected chi connectivity index (χ3v) is 5.44. The molecule has 0 saturated carbocycles. The molecule has 1 saturated heterocycles. The minimum absolute atomic E-state index is 0.0738. The second kappa shape index (κ2) is 8.53. The first-order chi connectivity index (χ1) is 13.0. The number of carbonyl (C=O) groups excluding carboxylic acids is 1. The zero-order valence-corrected chi connectivity index (χ0v) is 17.2. The summed E-state index contributed by atoms with van der Waals surface area (Å²) < 4.78 is 10.9. The largest absolute Gasteiger partial charge is 0.493 e. The van der Waals surface area contributed by atoms with Crippen LogP contribution < -0.4 is 9.47 Å². The molecule has 1 fully saturated rings. The van der Waals surface area contributed by atoms with Crippen LogP contribution in [-0.4, -0.2) is 46.4 Å². The summed E-state index contributed by atoms with van der Waals surface area (Å²) in [7, 11) is 1.60. The van der Waals surface area contributed by atoms with E-state index in [0.717, 1.165) is 10.6 Å². The van der Waals surface area contributed by atoms with Crippen molar-refractivity contribution in [3.05, 3.63) is 33.7 Å². The molecule has 1 aliphatic heterocycles. The highest BCUT2D eigenvalue weighted by atomic mass is 32.2. The predicted octanol–water partition coefficient (Wildman–Crippen LogP) is 3.88. The highest BCUT2D eigenvalue weighted by Crippen LogP contribution is 2.36.